The minimum absolute atomic E-state index is 0.0986. The van der Waals surface area contributed by atoms with Crippen LogP contribution >= 0.6 is 0 Å². The number of hydrogen-bond donors (Lipinski definition) is 1. The topological polar surface area (TPSA) is 55.4 Å². The molecule has 2 aromatic rings. The monoisotopic (exact) mass is 337 g/mol. The van der Waals surface area contributed by atoms with Crippen LogP contribution in [0.2, 0.25) is 0 Å². The molecule has 0 aromatic heterocycles. The number of hydrogen-bond acceptors (Lipinski definition) is 3. The van der Waals surface area contributed by atoms with Gasteiger partial charge in [0.25, 0.3) is 0 Å². The zero-order valence-corrected chi connectivity index (χ0v) is 14.4. The fourth-order valence-electron chi connectivity index (χ4n) is 3.48. The van der Waals surface area contributed by atoms with Crippen molar-refractivity contribution in [3.63, 3.8) is 0 Å². The first-order valence-corrected chi connectivity index (χ1v) is 8.69. The third kappa shape index (κ3) is 4.08. The Morgan fingerprint density at radius 1 is 1.12 bits per heavy atom. The third-order valence-electron chi connectivity index (χ3n) is 4.77. The average molecular weight is 337 g/mol. The summed E-state index contributed by atoms with van der Waals surface area (Å²) in [4.78, 5) is 25.0. The molecule has 1 aliphatic carbocycles. The summed E-state index contributed by atoms with van der Waals surface area (Å²) in [5, 5.41) is 2.91. The molecule has 0 saturated carbocycles. The number of rotatable bonds is 5. The van der Waals surface area contributed by atoms with Crippen molar-refractivity contribution >= 4 is 11.9 Å². The van der Waals surface area contributed by atoms with Crippen LogP contribution in [0.15, 0.2) is 54.6 Å². The van der Waals surface area contributed by atoms with Crippen molar-refractivity contribution in [3.05, 3.63) is 71.3 Å². The molecule has 2 aromatic carbocycles. The second-order valence-electron chi connectivity index (χ2n) is 6.42. The van der Waals surface area contributed by atoms with Crippen LogP contribution in [0.3, 0.4) is 0 Å². The largest absolute Gasteiger partial charge is 0.467 e. The van der Waals surface area contributed by atoms with E-state index in [1.165, 1.54) is 12.7 Å². The molecule has 2 atom stereocenters. The number of carbonyl (C=O) groups excluding carboxylic acids is 2. The highest BCUT2D eigenvalue weighted by Crippen LogP contribution is 2.31. The van der Waals surface area contributed by atoms with Crippen LogP contribution in [0.25, 0.3) is 0 Å². The maximum absolute atomic E-state index is 12.9. The number of ether oxygens (including phenoxy) is 1. The molecule has 0 radical (unpaired) electrons. The normalized spacial score (nSPS) is 17.2. The van der Waals surface area contributed by atoms with Crippen molar-refractivity contribution in [3.8, 4) is 0 Å². The lowest BCUT2D eigenvalue weighted by Gasteiger charge is -2.26. The highest BCUT2D eigenvalue weighted by atomic mass is 16.5. The standard InChI is InChI=1S/C21H23NO3/c1-25-21(24)19(14-15-8-3-2-4-9-15)22-20(23)18-13-7-11-16-10-5-6-12-17(16)18/h2-6,8-10,12,18-19H,7,11,13-14H2,1H3,(H,22,23)/t18-,19-/m0/s1. The number of amides is 1. The van der Waals surface area contributed by atoms with Gasteiger partial charge in [-0.05, 0) is 36.0 Å². The molecule has 25 heavy (non-hydrogen) atoms. The van der Waals surface area contributed by atoms with Gasteiger partial charge in [0, 0.05) is 6.42 Å². The molecule has 0 bridgehead atoms. The smallest absolute Gasteiger partial charge is 0.328 e. The molecule has 130 valence electrons. The van der Waals surface area contributed by atoms with Crippen LogP contribution in [-0.4, -0.2) is 25.0 Å². The Kier molecular flexibility index (Phi) is 5.49. The Bertz CT molecular complexity index is 742. The van der Waals surface area contributed by atoms with Gasteiger partial charge in [-0.25, -0.2) is 4.79 Å². The van der Waals surface area contributed by atoms with E-state index < -0.39 is 12.0 Å². The summed E-state index contributed by atoms with van der Waals surface area (Å²) in [5.74, 6) is -0.715. The van der Waals surface area contributed by atoms with Gasteiger partial charge in [-0.1, -0.05) is 54.6 Å². The molecule has 0 fully saturated rings. The molecule has 0 saturated heterocycles. The third-order valence-corrected chi connectivity index (χ3v) is 4.77. The maximum Gasteiger partial charge on any atom is 0.328 e. The van der Waals surface area contributed by atoms with Crippen LogP contribution in [0.5, 0.6) is 0 Å². The van der Waals surface area contributed by atoms with Crippen molar-refractivity contribution in [2.45, 2.75) is 37.6 Å². The van der Waals surface area contributed by atoms with Gasteiger partial charge in [0.05, 0.1) is 13.0 Å². The molecule has 3 rings (SSSR count). The van der Waals surface area contributed by atoms with Crippen molar-refractivity contribution in [2.75, 3.05) is 7.11 Å². The summed E-state index contributed by atoms with van der Waals surface area (Å²) in [5.41, 5.74) is 3.29. The SMILES string of the molecule is COC(=O)[C@H](Cc1ccccc1)NC(=O)[C@H]1CCCc2ccccc21. The molecule has 1 aliphatic rings. The summed E-state index contributed by atoms with van der Waals surface area (Å²) in [7, 11) is 1.35. The van der Waals surface area contributed by atoms with Gasteiger partial charge in [-0.2, -0.15) is 0 Å². The summed E-state index contributed by atoms with van der Waals surface area (Å²) >= 11 is 0. The lowest BCUT2D eigenvalue weighted by Crippen LogP contribution is -2.45. The van der Waals surface area contributed by atoms with E-state index in [1.807, 2.05) is 48.5 Å². The second-order valence-corrected chi connectivity index (χ2v) is 6.42. The average Bonchev–Trinajstić information content (AvgIpc) is 2.67. The molecule has 1 N–H and O–H groups in total. The van der Waals surface area contributed by atoms with Gasteiger partial charge in [-0.15, -0.1) is 0 Å². The van der Waals surface area contributed by atoms with E-state index in [-0.39, 0.29) is 11.8 Å². The van der Waals surface area contributed by atoms with Gasteiger partial charge in [0.15, 0.2) is 0 Å². The van der Waals surface area contributed by atoms with E-state index in [0.29, 0.717) is 6.42 Å². The first-order chi connectivity index (χ1) is 12.2. The van der Waals surface area contributed by atoms with Gasteiger partial charge < -0.3 is 10.1 Å². The summed E-state index contributed by atoms with van der Waals surface area (Å²) < 4.78 is 4.89. The minimum Gasteiger partial charge on any atom is -0.467 e. The Morgan fingerprint density at radius 2 is 1.84 bits per heavy atom. The molecular formula is C21H23NO3. The molecule has 4 nitrogen and oxygen atoms in total. The van der Waals surface area contributed by atoms with Gasteiger partial charge in [0.2, 0.25) is 5.91 Å². The number of fused-ring (bicyclic) bond motifs is 1. The predicted molar refractivity (Wildman–Crippen MR) is 96.2 cm³/mol. The molecular weight excluding hydrogens is 314 g/mol. The number of esters is 1. The zero-order chi connectivity index (χ0) is 17.6. The maximum atomic E-state index is 12.9. The van der Waals surface area contributed by atoms with Crippen molar-refractivity contribution < 1.29 is 14.3 Å². The summed E-state index contributed by atoms with van der Waals surface area (Å²) in [6, 6.07) is 17.0. The molecule has 1 amide bonds. The van der Waals surface area contributed by atoms with Crippen LogP contribution in [0.4, 0.5) is 0 Å². The Balaban J connectivity index is 1.76. The summed E-state index contributed by atoms with van der Waals surface area (Å²) in [6.45, 7) is 0. The quantitative estimate of drug-likeness (QED) is 0.853. The predicted octanol–water partition coefficient (Wildman–Crippen LogP) is 3.01. The van der Waals surface area contributed by atoms with E-state index in [4.69, 9.17) is 4.74 Å². The number of aryl methyl sites for hydroxylation is 1. The molecule has 0 unspecified atom stereocenters. The fourth-order valence-corrected chi connectivity index (χ4v) is 3.48. The number of methoxy groups -OCH3 is 1. The van der Waals surface area contributed by atoms with Gasteiger partial charge in [0.1, 0.15) is 6.04 Å². The Hall–Kier alpha value is -2.62. The van der Waals surface area contributed by atoms with Crippen LogP contribution in [0.1, 0.15) is 35.4 Å². The van der Waals surface area contributed by atoms with E-state index in [0.717, 1.165) is 30.4 Å². The van der Waals surface area contributed by atoms with Crippen LogP contribution < -0.4 is 5.32 Å². The fraction of sp³-hybridized carbons (Fsp3) is 0.333. The molecule has 0 spiro atoms. The molecule has 0 heterocycles. The number of benzene rings is 2. The zero-order valence-electron chi connectivity index (χ0n) is 14.4. The van der Waals surface area contributed by atoms with E-state index >= 15 is 0 Å². The number of nitrogens with one attached hydrogen (secondary N) is 1. The highest BCUT2D eigenvalue weighted by Gasteiger charge is 2.30. The Labute approximate surface area is 148 Å². The van der Waals surface area contributed by atoms with Crippen molar-refractivity contribution in [1.82, 2.24) is 5.32 Å². The minimum atomic E-state index is -0.672. The van der Waals surface area contributed by atoms with E-state index in [1.54, 1.807) is 0 Å². The van der Waals surface area contributed by atoms with Gasteiger partial charge >= 0.3 is 5.97 Å². The lowest BCUT2D eigenvalue weighted by molar-refractivity contribution is -0.145. The van der Waals surface area contributed by atoms with Crippen molar-refractivity contribution in [2.24, 2.45) is 0 Å². The van der Waals surface area contributed by atoms with Crippen LogP contribution in [0, 0.1) is 0 Å². The first-order valence-electron chi connectivity index (χ1n) is 8.69. The number of carbonyl (C=O) groups is 2. The van der Waals surface area contributed by atoms with Crippen molar-refractivity contribution in [1.29, 1.82) is 0 Å². The first kappa shape index (κ1) is 17.2. The lowest BCUT2D eigenvalue weighted by atomic mass is 9.82. The molecule has 4 heteroatoms. The summed E-state index contributed by atoms with van der Waals surface area (Å²) in [6.07, 6.45) is 3.22. The van der Waals surface area contributed by atoms with E-state index in [9.17, 15) is 9.59 Å². The van der Waals surface area contributed by atoms with E-state index in [2.05, 4.69) is 11.4 Å². The van der Waals surface area contributed by atoms with Crippen LogP contribution in [-0.2, 0) is 27.2 Å². The Morgan fingerprint density at radius 3 is 2.60 bits per heavy atom. The second kappa shape index (κ2) is 7.97. The highest BCUT2D eigenvalue weighted by molar-refractivity contribution is 5.89. The molecule has 0 aliphatic heterocycles. The van der Waals surface area contributed by atoms with Gasteiger partial charge in [-0.3, -0.25) is 4.79 Å².